The fourth-order valence-electron chi connectivity index (χ4n) is 3.78. The van der Waals surface area contributed by atoms with Crippen LogP contribution < -0.4 is 0 Å². The fourth-order valence-corrected chi connectivity index (χ4v) is 3.78. The van der Waals surface area contributed by atoms with Crippen LogP contribution in [0.1, 0.15) is 21.7 Å². The first-order valence-corrected chi connectivity index (χ1v) is 10.0. The van der Waals surface area contributed by atoms with Gasteiger partial charge in [-0.1, -0.05) is 72.8 Å². The molecule has 0 saturated carbocycles. The van der Waals surface area contributed by atoms with Crippen LogP contribution in [0.2, 0.25) is 0 Å². The van der Waals surface area contributed by atoms with Gasteiger partial charge in [0, 0.05) is 35.0 Å². The van der Waals surface area contributed by atoms with Crippen LogP contribution in [0.5, 0.6) is 0 Å². The lowest BCUT2D eigenvalue weighted by molar-refractivity contribution is 0.0690. The normalized spacial score (nSPS) is 11.0. The first-order valence-electron chi connectivity index (χ1n) is 10.0. The van der Waals surface area contributed by atoms with E-state index < -0.39 is 5.97 Å². The highest BCUT2D eigenvalue weighted by Crippen LogP contribution is 2.30. The van der Waals surface area contributed by atoms with Crippen LogP contribution in [0.15, 0.2) is 97.2 Å². The van der Waals surface area contributed by atoms with E-state index in [1.54, 1.807) is 6.07 Å². The van der Waals surface area contributed by atoms with Crippen LogP contribution in [-0.4, -0.2) is 25.7 Å². The summed E-state index contributed by atoms with van der Waals surface area (Å²) in [5, 5.41) is 14.2. The second-order valence-corrected chi connectivity index (χ2v) is 7.30. The van der Waals surface area contributed by atoms with Gasteiger partial charge in [-0.05, 0) is 23.8 Å². The summed E-state index contributed by atoms with van der Waals surface area (Å²) in [5.74, 6) is -1.03. The smallest absolute Gasteiger partial charge is 0.354 e. The first kappa shape index (κ1) is 18.8. The van der Waals surface area contributed by atoms with E-state index in [9.17, 15) is 9.90 Å². The van der Waals surface area contributed by atoms with Gasteiger partial charge in [-0.15, -0.1) is 0 Å². The number of rotatable bonds is 5. The number of nitrogens with zero attached hydrogens (tertiary/aromatic N) is 3. The molecule has 3 aromatic heterocycles. The van der Waals surface area contributed by atoms with Gasteiger partial charge in [-0.2, -0.15) is 5.10 Å². The maximum Gasteiger partial charge on any atom is 0.354 e. The standard InChI is InChI=1S/C26H19N3O2/c30-26(31)23-13-7-12-21(27-23)16-22-24-15-14-20(18-8-3-1-4-9-18)17-29(24)28-25(22)19-10-5-2-6-11-19/h1-15,17H,16H2,(H,30,31). The Morgan fingerprint density at radius 2 is 1.48 bits per heavy atom. The Bertz CT molecular complexity index is 1380. The van der Waals surface area contributed by atoms with Gasteiger partial charge < -0.3 is 5.11 Å². The van der Waals surface area contributed by atoms with E-state index in [4.69, 9.17) is 5.10 Å². The molecule has 0 amide bonds. The second-order valence-electron chi connectivity index (χ2n) is 7.30. The number of hydrogen-bond donors (Lipinski definition) is 1. The molecule has 0 saturated heterocycles. The number of carboxylic acids is 1. The van der Waals surface area contributed by atoms with E-state index in [0.717, 1.165) is 33.5 Å². The minimum Gasteiger partial charge on any atom is -0.477 e. The lowest BCUT2D eigenvalue weighted by Crippen LogP contribution is -2.03. The molecule has 0 aliphatic carbocycles. The molecular weight excluding hydrogens is 386 g/mol. The molecule has 0 aliphatic rings. The molecule has 1 N–H and O–H groups in total. The van der Waals surface area contributed by atoms with Crippen molar-refractivity contribution in [2.75, 3.05) is 0 Å². The number of carboxylic acid groups (broad SMARTS) is 1. The molecular formula is C26H19N3O2. The summed E-state index contributed by atoms with van der Waals surface area (Å²) in [4.78, 5) is 15.7. The van der Waals surface area contributed by atoms with E-state index in [2.05, 4.69) is 29.2 Å². The number of hydrogen-bond acceptors (Lipinski definition) is 3. The highest BCUT2D eigenvalue weighted by Gasteiger charge is 2.17. The van der Waals surface area contributed by atoms with E-state index >= 15 is 0 Å². The van der Waals surface area contributed by atoms with Gasteiger partial charge >= 0.3 is 5.97 Å². The van der Waals surface area contributed by atoms with E-state index in [1.807, 2.05) is 65.3 Å². The molecule has 5 rings (SSSR count). The summed E-state index contributed by atoms with van der Waals surface area (Å²) in [6.07, 6.45) is 2.52. The summed E-state index contributed by atoms with van der Waals surface area (Å²) in [5.41, 5.74) is 6.80. The number of aromatic carboxylic acids is 1. The van der Waals surface area contributed by atoms with Crippen molar-refractivity contribution < 1.29 is 9.90 Å². The number of fused-ring (bicyclic) bond motifs is 1. The van der Waals surface area contributed by atoms with Crippen molar-refractivity contribution in [1.29, 1.82) is 0 Å². The SMILES string of the molecule is O=C(O)c1cccc(Cc2c(-c3ccccc3)nn3cc(-c4ccccc4)ccc23)n1. The number of pyridine rings is 2. The Morgan fingerprint density at radius 3 is 2.19 bits per heavy atom. The third-order valence-corrected chi connectivity index (χ3v) is 5.27. The Kier molecular flexibility index (Phi) is 4.77. The maximum atomic E-state index is 11.3. The van der Waals surface area contributed by atoms with Crippen molar-refractivity contribution >= 4 is 11.5 Å². The minimum atomic E-state index is -1.03. The molecule has 0 radical (unpaired) electrons. The van der Waals surface area contributed by atoms with Crippen molar-refractivity contribution in [1.82, 2.24) is 14.6 Å². The van der Waals surface area contributed by atoms with Crippen LogP contribution in [-0.2, 0) is 6.42 Å². The van der Waals surface area contributed by atoms with Crippen LogP contribution in [0.25, 0.3) is 27.9 Å². The van der Waals surface area contributed by atoms with E-state index in [1.165, 1.54) is 6.07 Å². The van der Waals surface area contributed by atoms with Crippen LogP contribution in [0.3, 0.4) is 0 Å². The average molecular weight is 405 g/mol. The largest absolute Gasteiger partial charge is 0.477 e. The zero-order valence-corrected chi connectivity index (χ0v) is 16.6. The van der Waals surface area contributed by atoms with Crippen molar-refractivity contribution in [3.8, 4) is 22.4 Å². The molecule has 3 heterocycles. The fraction of sp³-hybridized carbons (Fsp3) is 0.0385. The zero-order chi connectivity index (χ0) is 21.2. The number of aromatic nitrogens is 3. The van der Waals surface area contributed by atoms with Crippen LogP contribution in [0, 0.1) is 0 Å². The third-order valence-electron chi connectivity index (χ3n) is 5.27. The molecule has 5 heteroatoms. The van der Waals surface area contributed by atoms with Gasteiger partial charge in [0.1, 0.15) is 5.69 Å². The summed E-state index contributed by atoms with van der Waals surface area (Å²) in [6, 6.07) is 29.4. The van der Waals surface area contributed by atoms with Crippen molar-refractivity contribution in [3.05, 3.63) is 114 Å². The maximum absolute atomic E-state index is 11.3. The molecule has 0 fully saturated rings. The summed E-state index contributed by atoms with van der Waals surface area (Å²) in [7, 11) is 0. The Morgan fingerprint density at radius 1 is 0.774 bits per heavy atom. The topological polar surface area (TPSA) is 67.5 Å². The molecule has 150 valence electrons. The van der Waals surface area contributed by atoms with Crippen LogP contribution in [0.4, 0.5) is 0 Å². The first-order chi connectivity index (χ1) is 15.2. The Hall–Kier alpha value is -4.25. The van der Waals surface area contributed by atoms with E-state index in [-0.39, 0.29) is 5.69 Å². The van der Waals surface area contributed by atoms with Gasteiger partial charge in [-0.25, -0.2) is 14.3 Å². The molecule has 0 bridgehead atoms. The Balaban J connectivity index is 1.66. The molecule has 0 unspecified atom stereocenters. The molecule has 5 nitrogen and oxygen atoms in total. The number of benzene rings is 2. The second kappa shape index (κ2) is 7.88. The molecule has 31 heavy (non-hydrogen) atoms. The monoisotopic (exact) mass is 405 g/mol. The molecule has 0 aliphatic heterocycles. The third kappa shape index (κ3) is 3.69. The average Bonchev–Trinajstić information content (AvgIpc) is 3.18. The lowest BCUT2D eigenvalue weighted by atomic mass is 10.0. The van der Waals surface area contributed by atoms with Crippen molar-refractivity contribution in [2.24, 2.45) is 0 Å². The predicted molar refractivity (Wildman–Crippen MR) is 120 cm³/mol. The Labute approximate surface area is 179 Å². The molecule has 0 atom stereocenters. The van der Waals surface area contributed by atoms with Gasteiger partial charge in [0.05, 0.1) is 11.2 Å². The number of carbonyl (C=O) groups is 1. The highest BCUT2D eigenvalue weighted by atomic mass is 16.4. The van der Waals surface area contributed by atoms with Gasteiger partial charge in [0.15, 0.2) is 0 Å². The molecule has 0 spiro atoms. The zero-order valence-electron chi connectivity index (χ0n) is 16.6. The highest BCUT2D eigenvalue weighted by molar-refractivity contribution is 5.85. The predicted octanol–water partition coefficient (Wildman–Crippen LogP) is 5.35. The van der Waals surface area contributed by atoms with Gasteiger partial charge in [-0.3, -0.25) is 0 Å². The van der Waals surface area contributed by atoms with Crippen molar-refractivity contribution in [2.45, 2.75) is 6.42 Å². The van der Waals surface area contributed by atoms with Crippen molar-refractivity contribution in [3.63, 3.8) is 0 Å². The van der Waals surface area contributed by atoms with Gasteiger partial charge in [0.2, 0.25) is 0 Å². The summed E-state index contributed by atoms with van der Waals surface area (Å²) in [6.45, 7) is 0. The molecule has 5 aromatic rings. The summed E-state index contributed by atoms with van der Waals surface area (Å²) < 4.78 is 1.90. The molecule has 2 aromatic carbocycles. The van der Waals surface area contributed by atoms with E-state index in [0.29, 0.717) is 12.1 Å². The lowest BCUT2D eigenvalue weighted by Gasteiger charge is -2.05. The van der Waals surface area contributed by atoms with Gasteiger partial charge in [0.25, 0.3) is 0 Å². The summed E-state index contributed by atoms with van der Waals surface area (Å²) >= 11 is 0. The minimum absolute atomic E-state index is 0.0431. The quantitative estimate of drug-likeness (QED) is 0.428. The van der Waals surface area contributed by atoms with Crippen LogP contribution >= 0.6 is 0 Å².